The molecule has 0 atom stereocenters. The molecule has 0 saturated heterocycles. The molecule has 4 aromatic rings. The van der Waals surface area contributed by atoms with Gasteiger partial charge in [0.15, 0.2) is 0 Å². The molecular formula is C29H27ClN2O3. The summed E-state index contributed by atoms with van der Waals surface area (Å²) in [5, 5.41) is 15.8. The Bertz CT molecular complexity index is 1360. The summed E-state index contributed by atoms with van der Waals surface area (Å²) in [5.41, 5.74) is 7.23. The van der Waals surface area contributed by atoms with Gasteiger partial charge in [-0.05, 0) is 51.6 Å². The summed E-state index contributed by atoms with van der Waals surface area (Å²) in [7, 11) is 0. The van der Waals surface area contributed by atoms with Crippen LogP contribution in [0.3, 0.4) is 0 Å². The van der Waals surface area contributed by atoms with Crippen molar-refractivity contribution in [3.8, 4) is 5.75 Å². The van der Waals surface area contributed by atoms with Crippen LogP contribution in [-0.2, 0) is 18.0 Å². The van der Waals surface area contributed by atoms with E-state index in [1.54, 1.807) is 6.21 Å². The Hall–Kier alpha value is -3.67. The molecule has 0 heterocycles. The maximum Gasteiger partial charge on any atom is 0.271 e. The Kier molecular flexibility index (Phi) is 7.80. The Morgan fingerprint density at radius 2 is 1.74 bits per heavy atom. The third-order valence-corrected chi connectivity index (χ3v) is 6.10. The second-order valence-corrected chi connectivity index (χ2v) is 9.02. The van der Waals surface area contributed by atoms with E-state index >= 15 is 0 Å². The smallest absolute Gasteiger partial charge is 0.271 e. The fourth-order valence-electron chi connectivity index (χ4n) is 3.79. The van der Waals surface area contributed by atoms with Crippen LogP contribution in [0.25, 0.3) is 10.8 Å². The van der Waals surface area contributed by atoms with Gasteiger partial charge in [0.1, 0.15) is 5.75 Å². The van der Waals surface area contributed by atoms with Crippen molar-refractivity contribution in [2.24, 2.45) is 5.10 Å². The summed E-state index contributed by atoms with van der Waals surface area (Å²) in [6.07, 6.45) is 1.61. The number of rotatable bonds is 8. The van der Waals surface area contributed by atoms with Gasteiger partial charge < -0.3 is 9.84 Å². The van der Waals surface area contributed by atoms with E-state index in [4.69, 9.17) is 16.3 Å². The lowest BCUT2D eigenvalue weighted by Crippen LogP contribution is -2.17. The fourth-order valence-corrected chi connectivity index (χ4v) is 3.97. The summed E-state index contributed by atoms with van der Waals surface area (Å²) in [5.74, 6) is 0.0169. The number of benzene rings is 4. The fraction of sp³-hybridized carbons (Fsp3) is 0.172. The van der Waals surface area contributed by atoms with E-state index in [1.165, 1.54) is 23.8 Å². The molecule has 1 amide bonds. The van der Waals surface area contributed by atoms with Crippen LogP contribution in [0.5, 0.6) is 5.75 Å². The van der Waals surface area contributed by atoms with Crippen LogP contribution in [0.15, 0.2) is 84.0 Å². The number of aromatic hydroxyl groups is 1. The highest BCUT2D eigenvalue weighted by molar-refractivity contribution is 6.32. The minimum absolute atomic E-state index is 0.0775. The summed E-state index contributed by atoms with van der Waals surface area (Å²) in [4.78, 5) is 12.3. The van der Waals surface area contributed by atoms with Crippen LogP contribution in [0.4, 0.5) is 0 Å². The molecule has 5 nitrogen and oxygen atoms in total. The normalized spacial score (nSPS) is 11.4. The zero-order valence-electron chi connectivity index (χ0n) is 19.7. The van der Waals surface area contributed by atoms with E-state index in [9.17, 15) is 9.90 Å². The number of nitrogens with zero attached hydrogens (tertiary/aromatic N) is 1. The standard InChI is InChI=1S/C29H27ClN2O3/c1-19(2)21-11-9-20(10-12-21)17-35-18-24-6-4-7-25-23(5-3-8-26(24)25)16-31-32-29(34)22-13-14-28(33)27(30)15-22/h3-16,19,33H,17-18H2,1-2H3,(H,32,34)/b31-16+. The number of hydrogen-bond donors (Lipinski definition) is 2. The van der Waals surface area contributed by atoms with Crippen LogP contribution in [0.2, 0.25) is 5.02 Å². The third kappa shape index (κ3) is 6.07. The van der Waals surface area contributed by atoms with Gasteiger partial charge in [-0.25, -0.2) is 5.43 Å². The first-order valence-corrected chi connectivity index (χ1v) is 11.8. The molecule has 0 spiro atoms. The third-order valence-electron chi connectivity index (χ3n) is 5.80. The van der Waals surface area contributed by atoms with Crippen LogP contribution in [0.1, 0.15) is 52.4 Å². The number of nitrogens with one attached hydrogen (secondary N) is 1. The first-order chi connectivity index (χ1) is 16.9. The first-order valence-electron chi connectivity index (χ1n) is 11.4. The minimum atomic E-state index is -0.418. The van der Waals surface area contributed by atoms with Gasteiger partial charge in [-0.15, -0.1) is 0 Å². The van der Waals surface area contributed by atoms with Crippen LogP contribution >= 0.6 is 11.6 Å². The number of carbonyl (C=O) groups is 1. The number of halogens is 1. The van der Waals surface area contributed by atoms with Crippen LogP contribution < -0.4 is 5.43 Å². The largest absolute Gasteiger partial charge is 0.506 e. The first kappa shape index (κ1) is 24.5. The van der Waals surface area contributed by atoms with E-state index in [-0.39, 0.29) is 10.8 Å². The quantitative estimate of drug-likeness (QED) is 0.212. The topological polar surface area (TPSA) is 70.9 Å². The molecule has 2 N–H and O–H groups in total. The maximum absolute atomic E-state index is 12.3. The number of hydrazone groups is 1. The monoisotopic (exact) mass is 486 g/mol. The lowest BCUT2D eigenvalue weighted by atomic mass is 10.0. The number of phenolic OH excluding ortho intramolecular Hbond substituents is 1. The van der Waals surface area contributed by atoms with E-state index in [0.717, 1.165) is 27.5 Å². The van der Waals surface area contributed by atoms with Gasteiger partial charge in [0.25, 0.3) is 5.91 Å². The van der Waals surface area contributed by atoms with Crippen molar-refractivity contribution in [3.05, 3.63) is 112 Å². The summed E-state index contributed by atoms with van der Waals surface area (Å²) in [6, 6.07) is 24.8. The van der Waals surface area contributed by atoms with Crippen LogP contribution in [-0.4, -0.2) is 17.2 Å². The van der Waals surface area contributed by atoms with Crippen molar-refractivity contribution < 1.29 is 14.6 Å². The number of hydrogen-bond acceptors (Lipinski definition) is 4. The molecule has 35 heavy (non-hydrogen) atoms. The van der Waals surface area contributed by atoms with Gasteiger partial charge in [-0.2, -0.15) is 5.10 Å². The van der Waals surface area contributed by atoms with Gasteiger partial charge >= 0.3 is 0 Å². The molecule has 0 fully saturated rings. The molecular weight excluding hydrogens is 460 g/mol. The summed E-state index contributed by atoms with van der Waals surface area (Å²) < 4.78 is 6.01. The van der Waals surface area contributed by atoms with E-state index in [1.807, 2.05) is 24.3 Å². The highest BCUT2D eigenvalue weighted by Gasteiger charge is 2.08. The second kappa shape index (κ2) is 11.2. The Morgan fingerprint density at radius 1 is 1.00 bits per heavy atom. The molecule has 0 radical (unpaired) electrons. The molecule has 4 rings (SSSR count). The molecule has 0 unspecified atom stereocenters. The Morgan fingerprint density at radius 3 is 2.49 bits per heavy atom. The van der Waals surface area contributed by atoms with Crippen molar-refractivity contribution >= 4 is 34.5 Å². The Balaban J connectivity index is 1.43. The van der Waals surface area contributed by atoms with Crippen molar-refractivity contribution in [3.63, 3.8) is 0 Å². The zero-order valence-corrected chi connectivity index (χ0v) is 20.4. The molecule has 178 valence electrons. The number of ether oxygens (including phenoxy) is 1. The molecule has 0 saturated carbocycles. The van der Waals surface area contributed by atoms with Gasteiger partial charge in [0.05, 0.1) is 24.5 Å². The second-order valence-electron chi connectivity index (χ2n) is 8.61. The lowest BCUT2D eigenvalue weighted by Gasteiger charge is -2.10. The predicted octanol–water partition coefficient (Wildman–Crippen LogP) is 6.80. The highest BCUT2D eigenvalue weighted by Crippen LogP contribution is 2.24. The van der Waals surface area contributed by atoms with Crippen molar-refractivity contribution in [1.29, 1.82) is 0 Å². The van der Waals surface area contributed by atoms with Crippen molar-refractivity contribution in [2.45, 2.75) is 33.0 Å². The molecule has 6 heteroatoms. The number of carbonyl (C=O) groups excluding carboxylic acids is 1. The Labute approximate surface area is 210 Å². The van der Waals surface area contributed by atoms with Gasteiger partial charge in [0.2, 0.25) is 0 Å². The molecule has 0 aliphatic heterocycles. The van der Waals surface area contributed by atoms with Crippen LogP contribution in [0, 0.1) is 0 Å². The molecule has 0 bridgehead atoms. The minimum Gasteiger partial charge on any atom is -0.506 e. The number of phenols is 1. The number of fused-ring (bicyclic) bond motifs is 1. The predicted molar refractivity (Wildman–Crippen MR) is 141 cm³/mol. The lowest BCUT2D eigenvalue weighted by molar-refractivity contribution is 0.0955. The zero-order chi connectivity index (χ0) is 24.8. The number of amides is 1. The SMILES string of the molecule is CC(C)c1ccc(COCc2cccc3c(/C=N/NC(=O)c4ccc(O)c(Cl)c4)cccc23)cc1. The van der Waals surface area contributed by atoms with E-state index in [2.05, 4.69) is 60.8 Å². The van der Waals surface area contributed by atoms with E-state index < -0.39 is 5.91 Å². The average molecular weight is 487 g/mol. The highest BCUT2D eigenvalue weighted by atomic mass is 35.5. The molecule has 0 aliphatic carbocycles. The van der Waals surface area contributed by atoms with Crippen molar-refractivity contribution in [2.75, 3.05) is 0 Å². The van der Waals surface area contributed by atoms with Crippen molar-refractivity contribution in [1.82, 2.24) is 5.43 Å². The average Bonchev–Trinajstić information content (AvgIpc) is 2.86. The molecule has 0 aliphatic rings. The van der Waals surface area contributed by atoms with Gasteiger partial charge in [-0.3, -0.25) is 4.79 Å². The van der Waals surface area contributed by atoms with Gasteiger partial charge in [-0.1, -0.05) is 86.1 Å². The molecule has 4 aromatic carbocycles. The van der Waals surface area contributed by atoms with Gasteiger partial charge in [0, 0.05) is 11.1 Å². The summed E-state index contributed by atoms with van der Waals surface area (Å²) in [6.45, 7) is 5.40. The maximum atomic E-state index is 12.3. The molecule has 0 aromatic heterocycles. The van der Waals surface area contributed by atoms with E-state index in [0.29, 0.717) is 24.7 Å². The summed E-state index contributed by atoms with van der Waals surface area (Å²) >= 11 is 5.88.